The summed E-state index contributed by atoms with van der Waals surface area (Å²) >= 11 is 0. The van der Waals surface area contributed by atoms with Crippen molar-refractivity contribution in [2.75, 3.05) is 0 Å². The van der Waals surface area contributed by atoms with E-state index in [0.29, 0.717) is 24.2 Å². The van der Waals surface area contributed by atoms with Crippen LogP contribution < -0.4 is 0 Å². The normalized spacial score (nSPS) is 37.2. The van der Waals surface area contributed by atoms with Crippen LogP contribution >= 0.6 is 0 Å². The van der Waals surface area contributed by atoms with Crippen LogP contribution in [0.5, 0.6) is 0 Å². The third-order valence-corrected chi connectivity index (χ3v) is 8.94. The molecule has 3 nitrogen and oxygen atoms in total. The van der Waals surface area contributed by atoms with E-state index in [1.54, 1.807) is 5.57 Å². The molecule has 0 amide bonds. The monoisotopic (exact) mass is 444 g/mol. The molecule has 0 spiro atoms. The summed E-state index contributed by atoms with van der Waals surface area (Å²) in [6.45, 7) is 12.9. The van der Waals surface area contributed by atoms with Gasteiger partial charge in [0, 0.05) is 6.42 Å². The predicted molar refractivity (Wildman–Crippen MR) is 133 cm³/mol. The molecule has 182 valence electrons. The first-order chi connectivity index (χ1) is 15.0. The molecule has 0 saturated heterocycles. The highest BCUT2D eigenvalue weighted by molar-refractivity contribution is 5.38. The van der Waals surface area contributed by atoms with Gasteiger partial charge in [-0.25, -0.2) is 0 Å². The Hall–Kier alpha value is -0.900. The van der Waals surface area contributed by atoms with Gasteiger partial charge in [0.25, 0.3) is 0 Å². The van der Waals surface area contributed by atoms with Crippen molar-refractivity contribution in [3.8, 4) is 0 Å². The maximum Gasteiger partial charge on any atom is 0.0811 e. The molecule has 0 aromatic rings. The molecule has 32 heavy (non-hydrogen) atoms. The Balaban J connectivity index is 1.61. The van der Waals surface area contributed by atoms with Crippen LogP contribution in [0.4, 0.5) is 0 Å². The van der Waals surface area contributed by atoms with Gasteiger partial charge in [0.15, 0.2) is 0 Å². The molecule has 3 aliphatic rings. The van der Waals surface area contributed by atoms with Crippen LogP contribution in [0.2, 0.25) is 0 Å². The molecule has 0 aromatic heterocycles. The minimum absolute atomic E-state index is 0.400. The van der Waals surface area contributed by atoms with Crippen LogP contribution in [0.3, 0.4) is 0 Å². The van der Waals surface area contributed by atoms with E-state index in [0.717, 1.165) is 35.8 Å². The summed E-state index contributed by atoms with van der Waals surface area (Å²) in [6.07, 6.45) is 16.6. The van der Waals surface area contributed by atoms with Crippen LogP contribution in [0.15, 0.2) is 35.5 Å². The van der Waals surface area contributed by atoms with Crippen molar-refractivity contribution in [3.63, 3.8) is 0 Å². The van der Waals surface area contributed by atoms with E-state index >= 15 is 0 Å². The first-order valence-corrected chi connectivity index (χ1v) is 13.2. The summed E-state index contributed by atoms with van der Waals surface area (Å²) in [7, 11) is 0. The quantitative estimate of drug-likeness (QED) is 0.375. The number of aliphatic hydroxyl groups excluding tert-OH is 2. The lowest BCUT2D eigenvalue weighted by Crippen LogP contribution is -2.36. The SMILES string of the molecule is C=C1/C(=C/C=C2\CCC[C@@]3(C)C2CC[C@@H]3[C@H](C)CCCCCC(C)(C)O)C[C@@H](O)C[C@@H]1O. The molecule has 3 N–H and O–H groups in total. The second kappa shape index (κ2) is 10.6. The largest absolute Gasteiger partial charge is 0.393 e. The molecule has 0 aliphatic heterocycles. The van der Waals surface area contributed by atoms with Crippen LogP contribution in [0.25, 0.3) is 0 Å². The van der Waals surface area contributed by atoms with Crippen molar-refractivity contribution in [1.29, 1.82) is 0 Å². The summed E-state index contributed by atoms with van der Waals surface area (Å²) in [5.74, 6) is 2.22. The number of allylic oxidation sites excluding steroid dienone is 3. The highest BCUT2D eigenvalue weighted by Gasteiger charge is 2.50. The zero-order chi connectivity index (χ0) is 23.5. The molecule has 3 rings (SSSR count). The molecule has 0 bridgehead atoms. The average Bonchev–Trinajstić information content (AvgIpc) is 3.06. The van der Waals surface area contributed by atoms with Crippen LogP contribution in [0, 0.1) is 23.2 Å². The molecule has 3 fully saturated rings. The molecule has 0 heterocycles. The van der Waals surface area contributed by atoms with Gasteiger partial charge in [0.05, 0.1) is 17.8 Å². The average molecular weight is 445 g/mol. The lowest BCUT2D eigenvalue weighted by atomic mass is 9.60. The Morgan fingerprint density at radius 1 is 1.16 bits per heavy atom. The lowest BCUT2D eigenvalue weighted by Gasteiger charge is -2.44. The van der Waals surface area contributed by atoms with Gasteiger partial charge in [-0.3, -0.25) is 0 Å². The fourth-order valence-corrected chi connectivity index (χ4v) is 7.08. The van der Waals surface area contributed by atoms with E-state index in [1.807, 2.05) is 13.8 Å². The summed E-state index contributed by atoms with van der Waals surface area (Å²) < 4.78 is 0. The zero-order valence-corrected chi connectivity index (χ0v) is 21.1. The van der Waals surface area contributed by atoms with Gasteiger partial charge in [-0.05, 0) is 93.1 Å². The molecule has 6 atom stereocenters. The number of hydrogen-bond acceptors (Lipinski definition) is 3. The van der Waals surface area contributed by atoms with E-state index in [1.165, 1.54) is 51.4 Å². The molecule has 3 aliphatic carbocycles. The van der Waals surface area contributed by atoms with E-state index in [9.17, 15) is 15.3 Å². The van der Waals surface area contributed by atoms with E-state index < -0.39 is 17.8 Å². The fourth-order valence-electron chi connectivity index (χ4n) is 7.08. The van der Waals surface area contributed by atoms with Gasteiger partial charge in [-0.1, -0.05) is 63.8 Å². The van der Waals surface area contributed by atoms with Gasteiger partial charge < -0.3 is 15.3 Å². The highest BCUT2D eigenvalue weighted by Crippen LogP contribution is 2.60. The minimum Gasteiger partial charge on any atom is -0.393 e. The molecule has 0 aromatic carbocycles. The van der Waals surface area contributed by atoms with E-state index in [2.05, 4.69) is 32.6 Å². The van der Waals surface area contributed by atoms with E-state index in [4.69, 9.17) is 0 Å². The molecular weight excluding hydrogens is 396 g/mol. The third-order valence-electron chi connectivity index (χ3n) is 8.94. The van der Waals surface area contributed by atoms with Gasteiger partial charge >= 0.3 is 0 Å². The van der Waals surface area contributed by atoms with Gasteiger partial charge in [-0.2, -0.15) is 0 Å². The molecule has 3 heteroatoms. The highest BCUT2D eigenvalue weighted by atomic mass is 16.3. The smallest absolute Gasteiger partial charge is 0.0811 e. The Bertz CT molecular complexity index is 712. The van der Waals surface area contributed by atoms with Gasteiger partial charge in [0.1, 0.15) is 0 Å². The lowest BCUT2D eigenvalue weighted by molar-refractivity contribution is 0.0672. The van der Waals surface area contributed by atoms with Crippen LogP contribution in [-0.4, -0.2) is 33.1 Å². The van der Waals surface area contributed by atoms with Crippen molar-refractivity contribution in [2.45, 2.75) is 123 Å². The Morgan fingerprint density at radius 2 is 1.91 bits per heavy atom. The summed E-state index contributed by atoms with van der Waals surface area (Å²) in [6, 6.07) is 0. The number of aliphatic hydroxyl groups is 3. The maximum atomic E-state index is 10.2. The van der Waals surface area contributed by atoms with Crippen molar-refractivity contribution < 1.29 is 15.3 Å². The first-order valence-electron chi connectivity index (χ1n) is 13.2. The van der Waals surface area contributed by atoms with Crippen molar-refractivity contribution >= 4 is 0 Å². The van der Waals surface area contributed by atoms with Gasteiger partial charge in [0.2, 0.25) is 0 Å². The standard InChI is InChI=1S/C29H48O3/c1-20(10-7-6-8-16-28(3,4)32)25-14-15-26-22(11-9-17-29(25,26)5)12-13-23-18-24(30)19-27(31)21(23)2/h12-13,20,24-27,30-32H,2,6-11,14-19H2,1,3-5H3/b22-12+,23-13+/t20-,24-,25-,26?,27+,29-/m1/s1. The Kier molecular flexibility index (Phi) is 8.50. The predicted octanol–water partition coefficient (Wildman–Crippen LogP) is 6.48. The summed E-state index contributed by atoms with van der Waals surface area (Å²) in [5, 5.41) is 30.1. The van der Waals surface area contributed by atoms with E-state index in [-0.39, 0.29) is 0 Å². The Morgan fingerprint density at radius 3 is 2.62 bits per heavy atom. The van der Waals surface area contributed by atoms with Gasteiger partial charge in [-0.15, -0.1) is 0 Å². The number of hydrogen-bond donors (Lipinski definition) is 3. The molecular formula is C29H48O3. The number of unbranched alkanes of at least 4 members (excludes halogenated alkanes) is 2. The molecule has 0 radical (unpaired) electrons. The van der Waals surface area contributed by atoms with Crippen molar-refractivity contribution in [1.82, 2.24) is 0 Å². The van der Waals surface area contributed by atoms with Crippen molar-refractivity contribution in [3.05, 3.63) is 35.5 Å². The zero-order valence-electron chi connectivity index (χ0n) is 21.1. The second-order valence-electron chi connectivity index (χ2n) is 12.1. The number of rotatable bonds is 8. The fraction of sp³-hybridized carbons (Fsp3) is 0.793. The topological polar surface area (TPSA) is 60.7 Å². The maximum absolute atomic E-state index is 10.2. The van der Waals surface area contributed by atoms with Crippen LogP contribution in [0.1, 0.15) is 105 Å². The Labute approximate surface area is 196 Å². The minimum atomic E-state index is -0.611. The molecule has 3 saturated carbocycles. The third kappa shape index (κ3) is 6.15. The first kappa shape index (κ1) is 25.7. The number of fused-ring (bicyclic) bond motifs is 1. The summed E-state index contributed by atoms with van der Waals surface area (Å²) in [5.41, 5.74) is 3.25. The summed E-state index contributed by atoms with van der Waals surface area (Å²) in [4.78, 5) is 0. The van der Waals surface area contributed by atoms with Crippen LogP contribution in [-0.2, 0) is 0 Å². The molecule has 1 unspecified atom stereocenters. The second-order valence-corrected chi connectivity index (χ2v) is 12.1. The van der Waals surface area contributed by atoms with Crippen molar-refractivity contribution in [2.24, 2.45) is 23.2 Å².